The van der Waals surface area contributed by atoms with Gasteiger partial charge in [-0.1, -0.05) is 19.9 Å². The zero-order valence-electron chi connectivity index (χ0n) is 10.3. The third-order valence-corrected chi connectivity index (χ3v) is 2.89. The predicted molar refractivity (Wildman–Crippen MR) is 66.0 cm³/mol. The summed E-state index contributed by atoms with van der Waals surface area (Å²) in [5, 5.41) is 8.85. The molecular weight excluding hydrogens is 234 g/mol. The van der Waals surface area contributed by atoms with Gasteiger partial charge in [-0.15, -0.1) is 0 Å². The summed E-state index contributed by atoms with van der Waals surface area (Å²) in [4.78, 5) is 23.8. The lowest BCUT2D eigenvalue weighted by Crippen LogP contribution is -2.42. The highest BCUT2D eigenvalue weighted by molar-refractivity contribution is 6.01. The zero-order valence-corrected chi connectivity index (χ0v) is 10.3. The van der Waals surface area contributed by atoms with Gasteiger partial charge in [0.15, 0.2) is 6.61 Å². The molecule has 1 aliphatic rings. The van der Waals surface area contributed by atoms with Gasteiger partial charge in [0.05, 0.1) is 5.69 Å². The molecule has 5 heteroatoms. The van der Waals surface area contributed by atoms with Crippen LogP contribution >= 0.6 is 0 Å². The van der Waals surface area contributed by atoms with Gasteiger partial charge in [-0.2, -0.15) is 0 Å². The van der Waals surface area contributed by atoms with Crippen molar-refractivity contribution in [3.8, 4) is 5.75 Å². The molecule has 5 nitrogen and oxygen atoms in total. The molecule has 1 aromatic rings. The molecular formula is C13H15NO4. The summed E-state index contributed by atoms with van der Waals surface area (Å²) in [6.45, 7) is 3.63. The Morgan fingerprint density at radius 1 is 1.50 bits per heavy atom. The molecule has 1 heterocycles. The monoisotopic (exact) mass is 249 g/mol. The molecule has 0 radical (unpaired) electrons. The molecule has 96 valence electrons. The Morgan fingerprint density at radius 3 is 2.83 bits per heavy atom. The van der Waals surface area contributed by atoms with Gasteiger partial charge in [0.25, 0.3) is 5.91 Å². The van der Waals surface area contributed by atoms with E-state index in [1.54, 1.807) is 6.07 Å². The van der Waals surface area contributed by atoms with Crippen molar-refractivity contribution in [3.05, 3.63) is 23.8 Å². The third-order valence-electron chi connectivity index (χ3n) is 2.89. The van der Waals surface area contributed by atoms with Gasteiger partial charge in [-0.3, -0.25) is 14.5 Å². The Kier molecular flexibility index (Phi) is 3.23. The Hall–Kier alpha value is -2.04. The standard InChI is InChI=1S/C13H15NO4/c1-8(2)9-3-4-11-10(5-9)14(6-13(16)17)12(15)7-18-11/h3-5,8H,6-7H2,1-2H3,(H,16,17). The second-order valence-corrected chi connectivity index (χ2v) is 4.54. The molecule has 1 N–H and O–H groups in total. The second-order valence-electron chi connectivity index (χ2n) is 4.54. The van der Waals surface area contributed by atoms with E-state index in [-0.39, 0.29) is 19.1 Å². The van der Waals surface area contributed by atoms with Crippen LogP contribution in [-0.2, 0) is 9.59 Å². The van der Waals surface area contributed by atoms with Gasteiger partial charge in [0.2, 0.25) is 0 Å². The quantitative estimate of drug-likeness (QED) is 0.884. The number of hydrogen-bond acceptors (Lipinski definition) is 3. The Bertz CT molecular complexity index is 496. The molecule has 0 unspecified atom stereocenters. The van der Waals surface area contributed by atoms with Gasteiger partial charge in [-0.05, 0) is 23.6 Å². The highest BCUT2D eigenvalue weighted by atomic mass is 16.5. The predicted octanol–water partition coefficient (Wildman–Crippen LogP) is 1.62. The molecule has 2 rings (SSSR count). The van der Waals surface area contributed by atoms with Crippen molar-refractivity contribution in [2.24, 2.45) is 0 Å². The summed E-state index contributed by atoms with van der Waals surface area (Å²) in [6.07, 6.45) is 0. The van der Waals surface area contributed by atoms with Crippen LogP contribution in [0.25, 0.3) is 0 Å². The normalized spacial score (nSPS) is 14.4. The molecule has 0 spiro atoms. The second kappa shape index (κ2) is 4.68. The summed E-state index contributed by atoms with van der Waals surface area (Å²) in [6, 6.07) is 5.53. The molecule has 0 fully saturated rings. The van der Waals surface area contributed by atoms with Crippen LogP contribution in [0.5, 0.6) is 5.75 Å². The summed E-state index contributed by atoms with van der Waals surface area (Å²) >= 11 is 0. The molecule has 0 atom stereocenters. The minimum Gasteiger partial charge on any atom is -0.482 e. The van der Waals surface area contributed by atoms with Crippen LogP contribution in [0.15, 0.2) is 18.2 Å². The van der Waals surface area contributed by atoms with Crippen LogP contribution in [0, 0.1) is 0 Å². The minimum atomic E-state index is -1.04. The van der Waals surface area contributed by atoms with Crippen LogP contribution in [0.3, 0.4) is 0 Å². The molecule has 0 aliphatic carbocycles. The number of carboxylic acids is 1. The number of carboxylic acid groups (broad SMARTS) is 1. The summed E-state index contributed by atoms with van der Waals surface area (Å²) in [5.74, 6) is -0.504. The van der Waals surface area contributed by atoms with E-state index in [9.17, 15) is 9.59 Å². The van der Waals surface area contributed by atoms with E-state index in [0.717, 1.165) is 5.56 Å². The highest BCUT2D eigenvalue weighted by Crippen LogP contribution is 2.34. The lowest BCUT2D eigenvalue weighted by Gasteiger charge is -2.28. The number of nitrogens with zero attached hydrogens (tertiary/aromatic N) is 1. The first kappa shape index (κ1) is 12.4. The van der Waals surface area contributed by atoms with E-state index < -0.39 is 5.97 Å². The Balaban J connectivity index is 2.43. The van der Waals surface area contributed by atoms with E-state index in [0.29, 0.717) is 17.4 Å². The number of amides is 1. The summed E-state index contributed by atoms with van der Waals surface area (Å²) in [7, 11) is 0. The number of carbonyl (C=O) groups excluding carboxylic acids is 1. The fourth-order valence-corrected chi connectivity index (χ4v) is 1.89. The van der Waals surface area contributed by atoms with Gasteiger partial charge < -0.3 is 9.84 Å². The van der Waals surface area contributed by atoms with Crippen molar-refractivity contribution in [1.82, 2.24) is 0 Å². The topological polar surface area (TPSA) is 66.8 Å². The largest absolute Gasteiger partial charge is 0.482 e. The van der Waals surface area contributed by atoms with Gasteiger partial charge in [-0.25, -0.2) is 0 Å². The minimum absolute atomic E-state index is 0.110. The van der Waals surface area contributed by atoms with Crippen LogP contribution < -0.4 is 9.64 Å². The van der Waals surface area contributed by atoms with E-state index >= 15 is 0 Å². The molecule has 1 aliphatic heterocycles. The zero-order chi connectivity index (χ0) is 13.3. The first-order valence-electron chi connectivity index (χ1n) is 5.78. The first-order chi connectivity index (χ1) is 8.49. The maximum absolute atomic E-state index is 11.7. The van der Waals surface area contributed by atoms with Gasteiger partial charge in [0.1, 0.15) is 12.3 Å². The number of anilines is 1. The fourth-order valence-electron chi connectivity index (χ4n) is 1.89. The van der Waals surface area contributed by atoms with Crippen molar-refractivity contribution in [2.45, 2.75) is 19.8 Å². The molecule has 1 aromatic carbocycles. The molecule has 0 saturated carbocycles. The van der Waals surface area contributed by atoms with Crippen molar-refractivity contribution >= 4 is 17.6 Å². The molecule has 0 saturated heterocycles. The van der Waals surface area contributed by atoms with Gasteiger partial charge >= 0.3 is 5.97 Å². The lowest BCUT2D eigenvalue weighted by atomic mass is 10.0. The number of rotatable bonds is 3. The van der Waals surface area contributed by atoms with Crippen LogP contribution in [-0.4, -0.2) is 30.1 Å². The maximum atomic E-state index is 11.7. The van der Waals surface area contributed by atoms with E-state index in [4.69, 9.17) is 9.84 Å². The highest BCUT2D eigenvalue weighted by Gasteiger charge is 2.27. The Labute approximate surface area is 105 Å². The first-order valence-corrected chi connectivity index (χ1v) is 5.78. The SMILES string of the molecule is CC(C)c1ccc2c(c1)N(CC(=O)O)C(=O)CO2. The number of aliphatic carboxylic acids is 1. The number of fused-ring (bicyclic) bond motifs is 1. The average Bonchev–Trinajstić information content (AvgIpc) is 2.31. The summed E-state index contributed by atoms with van der Waals surface area (Å²) in [5.41, 5.74) is 1.59. The Morgan fingerprint density at radius 2 is 2.22 bits per heavy atom. The molecule has 1 amide bonds. The van der Waals surface area contributed by atoms with E-state index in [1.807, 2.05) is 26.0 Å². The van der Waals surface area contributed by atoms with E-state index in [2.05, 4.69) is 0 Å². The molecule has 0 bridgehead atoms. The number of carbonyl (C=O) groups is 2. The summed E-state index contributed by atoms with van der Waals surface area (Å²) < 4.78 is 5.30. The molecule has 0 aromatic heterocycles. The lowest BCUT2D eigenvalue weighted by molar-refractivity contribution is -0.137. The average molecular weight is 249 g/mol. The fraction of sp³-hybridized carbons (Fsp3) is 0.385. The van der Waals surface area contributed by atoms with Crippen LogP contribution in [0.2, 0.25) is 0 Å². The number of benzene rings is 1. The molecule has 18 heavy (non-hydrogen) atoms. The van der Waals surface area contributed by atoms with Crippen molar-refractivity contribution in [2.75, 3.05) is 18.1 Å². The third kappa shape index (κ3) is 2.30. The number of ether oxygens (including phenoxy) is 1. The smallest absolute Gasteiger partial charge is 0.323 e. The van der Waals surface area contributed by atoms with Crippen molar-refractivity contribution in [3.63, 3.8) is 0 Å². The van der Waals surface area contributed by atoms with Gasteiger partial charge in [0, 0.05) is 0 Å². The van der Waals surface area contributed by atoms with E-state index in [1.165, 1.54) is 4.90 Å². The van der Waals surface area contributed by atoms with Crippen LogP contribution in [0.1, 0.15) is 25.3 Å². The number of hydrogen-bond donors (Lipinski definition) is 1. The maximum Gasteiger partial charge on any atom is 0.323 e. The van der Waals surface area contributed by atoms with Crippen molar-refractivity contribution < 1.29 is 19.4 Å². The van der Waals surface area contributed by atoms with Crippen LogP contribution in [0.4, 0.5) is 5.69 Å². The van der Waals surface area contributed by atoms with Crippen molar-refractivity contribution in [1.29, 1.82) is 0 Å².